The van der Waals surface area contributed by atoms with Crippen LogP contribution in [0.2, 0.25) is 0 Å². The van der Waals surface area contributed by atoms with E-state index >= 15 is 0 Å². The van der Waals surface area contributed by atoms with Crippen molar-refractivity contribution in [1.82, 2.24) is 9.78 Å². The molecule has 0 radical (unpaired) electrons. The maximum absolute atomic E-state index is 12.3. The van der Waals surface area contributed by atoms with E-state index in [0.717, 1.165) is 19.3 Å². The molecule has 1 aliphatic carbocycles. The van der Waals surface area contributed by atoms with Crippen molar-refractivity contribution in [3.63, 3.8) is 0 Å². The predicted octanol–water partition coefficient (Wildman–Crippen LogP) is 0.832. The molecule has 1 aliphatic rings. The summed E-state index contributed by atoms with van der Waals surface area (Å²) in [5.41, 5.74) is -0.0827. The van der Waals surface area contributed by atoms with E-state index in [1.165, 1.54) is 10.9 Å². The standard InChI is InChI=1S/C12H20N4O3S/c1-12(2)6-4-5-8(12)11(17)14-10-9(20(13,18)19)7-16(3)15-10/h7-8H,4-6H2,1-3H3,(H2,13,18,19)(H,14,15,17). The molecule has 0 spiro atoms. The number of hydrogen-bond donors (Lipinski definition) is 2. The second-order valence-electron chi connectivity index (χ2n) is 5.98. The number of sulfonamides is 1. The highest BCUT2D eigenvalue weighted by Gasteiger charge is 2.39. The first kappa shape index (κ1) is 15.0. The van der Waals surface area contributed by atoms with E-state index in [4.69, 9.17) is 5.14 Å². The third-order valence-corrected chi connectivity index (χ3v) is 4.83. The summed E-state index contributed by atoms with van der Waals surface area (Å²) in [5, 5.41) is 11.7. The summed E-state index contributed by atoms with van der Waals surface area (Å²) in [5.74, 6) is -0.336. The van der Waals surface area contributed by atoms with Gasteiger partial charge in [-0.05, 0) is 18.3 Å². The Balaban J connectivity index is 2.25. The molecule has 2 rings (SSSR count). The number of nitrogens with zero attached hydrogens (tertiary/aromatic N) is 2. The number of rotatable bonds is 3. The monoisotopic (exact) mass is 300 g/mol. The lowest BCUT2D eigenvalue weighted by atomic mass is 9.81. The van der Waals surface area contributed by atoms with Gasteiger partial charge in [0.25, 0.3) is 0 Å². The number of hydrogen-bond acceptors (Lipinski definition) is 4. The fraction of sp³-hybridized carbons (Fsp3) is 0.667. The van der Waals surface area contributed by atoms with Crippen molar-refractivity contribution in [2.45, 2.75) is 38.0 Å². The van der Waals surface area contributed by atoms with Gasteiger partial charge < -0.3 is 5.32 Å². The van der Waals surface area contributed by atoms with E-state index in [-0.39, 0.29) is 28.0 Å². The molecule has 1 atom stereocenters. The van der Waals surface area contributed by atoms with Crippen LogP contribution < -0.4 is 10.5 Å². The second kappa shape index (κ2) is 4.85. The Kier molecular flexibility index (Phi) is 3.64. The number of aryl methyl sites for hydroxylation is 1. The lowest BCUT2D eigenvalue weighted by molar-refractivity contribution is -0.122. The van der Waals surface area contributed by atoms with Gasteiger partial charge in [0.1, 0.15) is 4.90 Å². The number of amides is 1. The Labute approximate surface area is 118 Å². The zero-order valence-corrected chi connectivity index (χ0v) is 12.7. The molecule has 1 heterocycles. The smallest absolute Gasteiger partial charge is 0.243 e. The summed E-state index contributed by atoms with van der Waals surface area (Å²) in [7, 11) is -2.34. The van der Waals surface area contributed by atoms with Crippen molar-refractivity contribution >= 4 is 21.7 Å². The van der Waals surface area contributed by atoms with Gasteiger partial charge >= 0.3 is 0 Å². The molecule has 7 nitrogen and oxygen atoms in total. The molecule has 1 aromatic heterocycles. The second-order valence-corrected chi connectivity index (χ2v) is 7.51. The molecule has 0 saturated heterocycles. The van der Waals surface area contributed by atoms with E-state index in [1.54, 1.807) is 7.05 Å². The van der Waals surface area contributed by atoms with Gasteiger partial charge in [-0.1, -0.05) is 20.3 Å². The van der Waals surface area contributed by atoms with Gasteiger partial charge in [0.05, 0.1) is 0 Å². The van der Waals surface area contributed by atoms with Crippen molar-refractivity contribution in [2.24, 2.45) is 23.5 Å². The summed E-state index contributed by atoms with van der Waals surface area (Å²) >= 11 is 0. The number of carbonyl (C=O) groups is 1. The molecule has 1 saturated carbocycles. The number of nitrogens with one attached hydrogen (secondary N) is 1. The summed E-state index contributed by atoms with van der Waals surface area (Å²) in [6, 6.07) is 0. The number of anilines is 1. The lowest BCUT2D eigenvalue weighted by Crippen LogP contribution is -2.31. The maximum atomic E-state index is 12.3. The van der Waals surface area contributed by atoms with Gasteiger partial charge in [0.15, 0.2) is 5.82 Å². The highest BCUT2D eigenvalue weighted by Crippen LogP contribution is 2.43. The van der Waals surface area contributed by atoms with Crippen molar-refractivity contribution in [3.8, 4) is 0 Å². The Bertz CT molecular complexity index is 633. The van der Waals surface area contributed by atoms with Crippen LogP contribution in [0.5, 0.6) is 0 Å². The first-order valence-corrected chi connectivity index (χ1v) is 8.03. The van der Waals surface area contributed by atoms with E-state index < -0.39 is 10.0 Å². The molecule has 1 amide bonds. The maximum Gasteiger partial charge on any atom is 0.243 e. The number of aromatic nitrogens is 2. The molecule has 1 fully saturated rings. The zero-order valence-electron chi connectivity index (χ0n) is 11.9. The molecule has 20 heavy (non-hydrogen) atoms. The van der Waals surface area contributed by atoms with Crippen molar-refractivity contribution in [2.75, 3.05) is 5.32 Å². The van der Waals surface area contributed by atoms with Gasteiger partial charge in [-0.2, -0.15) is 5.10 Å². The first-order valence-electron chi connectivity index (χ1n) is 6.48. The Morgan fingerprint density at radius 3 is 2.70 bits per heavy atom. The Morgan fingerprint density at radius 2 is 2.20 bits per heavy atom. The summed E-state index contributed by atoms with van der Waals surface area (Å²) < 4.78 is 24.3. The molecule has 112 valence electrons. The highest BCUT2D eigenvalue weighted by atomic mass is 32.2. The van der Waals surface area contributed by atoms with E-state index in [9.17, 15) is 13.2 Å². The quantitative estimate of drug-likeness (QED) is 0.862. The molecule has 3 N–H and O–H groups in total. The Hall–Kier alpha value is -1.41. The summed E-state index contributed by atoms with van der Waals surface area (Å²) in [6.45, 7) is 4.09. The van der Waals surface area contributed by atoms with Crippen LogP contribution in [0.15, 0.2) is 11.1 Å². The molecule has 1 aromatic rings. The lowest BCUT2D eigenvalue weighted by Gasteiger charge is -2.25. The molecule has 8 heteroatoms. The van der Waals surface area contributed by atoms with Crippen LogP contribution >= 0.6 is 0 Å². The molecule has 0 bridgehead atoms. The number of primary sulfonamides is 1. The van der Waals surface area contributed by atoms with Crippen LogP contribution in [0.1, 0.15) is 33.1 Å². The minimum Gasteiger partial charge on any atom is -0.308 e. The van der Waals surface area contributed by atoms with Gasteiger partial charge in [-0.15, -0.1) is 0 Å². The average Bonchev–Trinajstić information content (AvgIpc) is 2.80. The van der Waals surface area contributed by atoms with Crippen LogP contribution in [-0.4, -0.2) is 24.1 Å². The third-order valence-electron chi connectivity index (χ3n) is 3.92. The molecule has 1 unspecified atom stereocenters. The third kappa shape index (κ3) is 2.85. The van der Waals surface area contributed by atoms with E-state index in [1.807, 2.05) is 13.8 Å². The topological polar surface area (TPSA) is 107 Å². The Morgan fingerprint density at radius 1 is 1.55 bits per heavy atom. The molecule has 0 aromatic carbocycles. The number of nitrogens with two attached hydrogens (primary N) is 1. The zero-order chi connectivity index (χ0) is 15.1. The minimum absolute atomic E-state index is 0.00250. The molecular formula is C12H20N4O3S. The van der Waals surface area contributed by atoms with Gasteiger partial charge in [0.2, 0.25) is 15.9 Å². The highest BCUT2D eigenvalue weighted by molar-refractivity contribution is 7.89. The fourth-order valence-electron chi connectivity index (χ4n) is 2.78. The molecular weight excluding hydrogens is 280 g/mol. The normalized spacial score (nSPS) is 21.9. The van der Waals surface area contributed by atoms with Crippen LogP contribution in [-0.2, 0) is 21.9 Å². The fourth-order valence-corrected chi connectivity index (χ4v) is 3.44. The van der Waals surface area contributed by atoms with Crippen LogP contribution in [0.4, 0.5) is 5.82 Å². The SMILES string of the molecule is Cn1cc(S(N)(=O)=O)c(NC(=O)C2CCCC2(C)C)n1. The van der Waals surface area contributed by atoms with Crippen LogP contribution in [0, 0.1) is 11.3 Å². The first-order chi connectivity index (χ1) is 9.11. The summed E-state index contributed by atoms with van der Waals surface area (Å²) in [6.07, 6.45) is 4.06. The molecule has 0 aliphatic heterocycles. The van der Waals surface area contributed by atoms with Gasteiger partial charge in [0, 0.05) is 19.2 Å². The predicted molar refractivity (Wildman–Crippen MR) is 74.3 cm³/mol. The summed E-state index contributed by atoms with van der Waals surface area (Å²) in [4.78, 5) is 12.2. The van der Waals surface area contributed by atoms with Crippen molar-refractivity contribution in [1.29, 1.82) is 0 Å². The van der Waals surface area contributed by atoms with Gasteiger partial charge in [-0.3, -0.25) is 9.48 Å². The largest absolute Gasteiger partial charge is 0.308 e. The van der Waals surface area contributed by atoms with Crippen LogP contribution in [0.3, 0.4) is 0 Å². The van der Waals surface area contributed by atoms with E-state index in [2.05, 4.69) is 10.4 Å². The van der Waals surface area contributed by atoms with Crippen molar-refractivity contribution in [3.05, 3.63) is 6.20 Å². The van der Waals surface area contributed by atoms with E-state index in [0.29, 0.717) is 0 Å². The van der Waals surface area contributed by atoms with Crippen molar-refractivity contribution < 1.29 is 13.2 Å². The van der Waals surface area contributed by atoms with Gasteiger partial charge in [-0.25, -0.2) is 13.6 Å². The number of carbonyl (C=O) groups excluding carboxylic acids is 1. The average molecular weight is 300 g/mol. The van der Waals surface area contributed by atoms with Crippen LogP contribution in [0.25, 0.3) is 0 Å². The minimum atomic E-state index is -3.91.